The molecular formula is C18H26N2O4S. The molecule has 1 aromatic rings. The zero-order valence-electron chi connectivity index (χ0n) is 14.6. The molecule has 2 N–H and O–H groups in total. The van der Waals surface area contributed by atoms with Gasteiger partial charge in [0.1, 0.15) is 0 Å². The average molecular weight is 366 g/mol. The number of sulfonamides is 1. The molecule has 0 bridgehead atoms. The largest absolute Gasteiger partial charge is 0.388 e. The second kappa shape index (κ2) is 7.05. The van der Waals surface area contributed by atoms with Gasteiger partial charge in [0.05, 0.1) is 10.5 Å². The van der Waals surface area contributed by atoms with Gasteiger partial charge in [0.25, 0.3) is 5.91 Å². The number of nitrogens with one attached hydrogen (secondary N) is 1. The normalized spacial score (nSPS) is 21.5. The summed E-state index contributed by atoms with van der Waals surface area (Å²) in [6, 6.07) is 6.02. The predicted molar refractivity (Wildman–Crippen MR) is 94.7 cm³/mol. The Hall–Kier alpha value is -1.44. The highest BCUT2D eigenvalue weighted by molar-refractivity contribution is 7.89. The Morgan fingerprint density at radius 1 is 1.20 bits per heavy atom. The van der Waals surface area contributed by atoms with Crippen LogP contribution < -0.4 is 5.32 Å². The first-order chi connectivity index (χ1) is 11.8. The van der Waals surface area contributed by atoms with Crippen molar-refractivity contribution in [1.82, 2.24) is 9.62 Å². The number of nitrogens with zero attached hydrogens (tertiary/aromatic N) is 1. The summed E-state index contributed by atoms with van der Waals surface area (Å²) in [6.07, 6.45) is 4.83. The van der Waals surface area contributed by atoms with E-state index in [0.29, 0.717) is 18.7 Å². The van der Waals surface area contributed by atoms with Crippen LogP contribution in [0.2, 0.25) is 0 Å². The fourth-order valence-corrected chi connectivity index (χ4v) is 4.76. The number of carbonyl (C=O) groups is 1. The summed E-state index contributed by atoms with van der Waals surface area (Å²) in [4.78, 5) is 12.4. The lowest BCUT2D eigenvalue weighted by molar-refractivity contribution is 0.0354. The Bertz CT molecular complexity index is 718. The number of hydrogen-bond acceptors (Lipinski definition) is 4. The summed E-state index contributed by atoms with van der Waals surface area (Å²) in [5, 5.41) is 13.0. The van der Waals surface area contributed by atoms with Gasteiger partial charge in [-0.15, -0.1) is 0 Å². The second-order valence-corrected chi connectivity index (χ2v) is 9.24. The number of rotatable bonds is 6. The van der Waals surface area contributed by atoms with Gasteiger partial charge in [0.2, 0.25) is 10.0 Å². The molecule has 1 atom stereocenters. The van der Waals surface area contributed by atoms with Gasteiger partial charge >= 0.3 is 0 Å². The van der Waals surface area contributed by atoms with E-state index in [2.05, 4.69) is 5.32 Å². The highest BCUT2D eigenvalue weighted by atomic mass is 32.2. The molecule has 1 aliphatic heterocycles. The minimum atomic E-state index is -3.48. The van der Waals surface area contributed by atoms with Crippen molar-refractivity contribution in [2.24, 2.45) is 5.92 Å². The maximum Gasteiger partial charge on any atom is 0.251 e. The first-order valence-corrected chi connectivity index (χ1v) is 10.4. The lowest BCUT2D eigenvalue weighted by Crippen LogP contribution is -2.42. The van der Waals surface area contributed by atoms with Crippen LogP contribution in [0.3, 0.4) is 0 Å². The zero-order chi connectivity index (χ0) is 18.1. The number of hydrogen-bond donors (Lipinski definition) is 2. The van der Waals surface area contributed by atoms with Crippen molar-refractivity contribution in [2.45, 2.75) is 49.5 Å². The van der Waals surface area contributed by atoms with E-state index in [1.807, 2.05) is 0 Å². The van der Waals surface area contributed by atoms with E-state index in [0.717, 1.165) is 32.1 Å². The molecule has 1 unspecified atom stereocenters. The third-order valence-electron chi connectivity index (χ3n) is 5.13. The van der Waals surface area contributed by atoms with Crippen molar-refractivity contribution in [3.05, 3.63) is 29.8 Å². The highest BCUT2D eigenvalue weighted by Crippen LogP contribution is 2.39. The molecule has 6 nitrogen and oxygen atoms in total. The van der Waals surface area contributed by atoms with E-state index in [-0.39, 0.29) is 23.3 Å². The van der Waals surface area contributed by atoms with Gasteiger partial charge in [-0.25, -0.2) is 8.42 Å². The van der Waals surface area contributed by atoms with Crippen LogP contribution in [-0.2, 0) is 10.0 Å². The molecular weight excluding hydrogens is 340 g/mol. The third kappa shape index (κ3) is 4.22. The van der Waals surface area contributed by atoms with E-state index in [4.69, 9.17) is 0 Å². The van der Waals surface area contributed by atoms with E-state index in [1.54, 1.807) is 6.92 Å². The third-order valence-corrected chi connectivity index (χ3v) is 7.05. The van der Waals surface area contributed by atoms with Crippen LogP contribution >= 0.6 is 0 Å². The van der Waals surface area contributed by atoms with Crippen LogP contribution in [0.5, 0.6) is 0 Å². The van der Waals surface area contributed by atoms with Gasteiger partial charge in [-0.05, 0) is 62.8 Å². The summed E-state index contributed by atoms with van der Waals surface area (Å²) in [5.74, 6) is -0.0484. The second-order valence-electron chi connectivity index (χ2n) is 7.30. The molecule has 1 aliphatic carbocycles. The van der Waals surface area contributed by atoms with Crippen molar-refractivity contribution >= 4 is 15.9 Å². The smallest absolute Gasteiger partial charge is 0.251 e. The number of aliphatic hydroxyl groups is 1. The number of carbonyl (C=O) groups excluding carboxylic acids is 1. The maximum absolute atomic E-state index is 12.6. The Kier molecular flexibility index (Phi) is 5.18. The Balaban J connectivity index is 1.64. The summed E-state index contributed by atoms with van der Waals surface area (Å²) >= 11 is 0. The summed E-state index contributed by atoms with van der Waals surface area (Å²) < 4.78 is 26.7. The van der Waals surface area contributed by atoms with Gasteiger partial charge in [0.15, 0.2) is 0 Å². The van der Waals surface area contributed by atoms with E-state index in [9.17, 15) is 18.3 Å². The molecule has 0 spiro atoms. The van der Waals surface area contributed by atoms with Crippen molar-refractivity contribution in [3.8, 4) is 0 Å². The molecule has 25 heavy (non-hydrogen) atoms. The van der Waals surface area contributed by atoms with E-state index in [1.165, 1.54) is 28.6 Å². The van der Waals surface area contributed by atoms with Gasteiger partial charge < -0.3 is 10.4 Å². The standard InChI is InChI=1S/C18H26N2O4S/c1-18(22,15-7-8-15)13-19-17(21)14-5-9-16(10-6-14)25(23,24)20-11-3-2-4-12-20/h5-6,9-10,15,22H,2-4,7-8,11-13H2,1H3,(H,19,21). The zero-order valence-corrected chi connectivity index (χ0v) is 15.4. The molecule has 0 aromatic heterocycles. The lowest BCUT2D eigenvalue weighted by Gasteiger charge is -2.26. The number of benzene rings is 1. The minimum absolute atomic E-state index is 0.199. The van der Waals surface area contributed by atoms with Gasteiger partial charge in [-0.2, -0.15) is 4.31 Å². The van der Waals surface area contributed by atoms with Gasteiger partial charge in [-0.1, -0.05) is 6.42 Å². The molecule has 7 heteroatoms. The van der Waals surface area contributed by atoms with Crippen molar-refractivity contribution in [1.29, 1.82) is 0 Å². The van der Waals surface area contributed by atoms with Crippen LogP contribution in [-0.4, -0.2) is 49.0 Å². The monoisotopic (exact) mass is 366 g/mol. The quantitative estimate of drug-likeness (QED) is 0.803. The molecule has 2 aliphatic rings. The molecule has 138 valence electrons. The number of amides is 1. The lowest BCUT2D eigenvalue weighted by atomic mass is 10.0. The van der Waals surface area contributed by atoms with Crippen molar-refractivity contribution in [3.63, 3.8) is 0 Å². The SMILES string of the molecule is CC(O)(CNC(=O)c1ccc(S(=O)(=O)N2CCCCC2)cc1)C1CC1. The molecule has 1 heterocycles. The Morgan fingerprint density at radius 3 is 2.36 bits per heavy atom. The molecule has 0 radical (unpaired) electrons. The Labute approximate surface area is 149 Å². The topological polar surface area (TPSA) is 86.7 Å². The van der Waals surface area contributed by atoms with Crippen LogP contribution in [0, 0.1) is 5.92 Å². The molecule has 2 fully saturated rings. The molecule has 3 rings (SSSR count). The fourth-order valence-electron chi connectivity index (χ4n) is 3.24. The van der Waals surface area contributed by atoms with Crippen LogP contribution in [0.15, 0.2) is 29.2 Å². The highest BCUT2D eigenvalue weighted by Gasteiger charge is 2.40. The molecule has 1 aromatic carbocycles. The summed E-state index contributed by atoms with van der Waals surface area (Å²) in [5.41, 5.74) is -0.489. The average Bonchev–Trinajstić information content (AvgIpc) is 3.46. The maximum atomic E-state index is 12.6. The molecule has 1 saturated heterocycles. The first kappa shape index (κ1) is 18.4. The first-order valence-electron chi connectivity index (χ1n) is 8.91. The minimum Gasteiger partial charge on any atom is -0.388 e. The summed E-state index contributed by atoms with van der Waals surface area (Å²) in [6.45, 7) is 3.05. The fraction of sp³-hybridized carbons (Fsp3) is 0.611. The Morgan fingerprint density at radius 2 is 1.80 bits per heavy atom. The van der Waals surface area contributed by atoms with Crippen molar-refractivity contribution < 1.29 is 18.3 Å². The van der Waals surface area contributed by atoms with Crippen LogP contribution in [0.1, 0.15) is 49.4 Å². The van der Waals surface area contributed by atoms with E-state index < -0.39 is 15.6 Å². The summed E-state index contributed by atoms with van der Waals surface area (Å²) in [7, 11) is -3.48. The van der Waals surface area contributed by atoms with Crippen LogP contribution in [0.4, 0.5) is 0 Å². The predicted octanol–water partition coefficient (Wildman–Crippen LogP) is 1.75. The molecule has 1 amide bonds. The van der Waals surface area contributed by atoms with Gasteiger partial charge in [0, 0.05) is 25.2 Å². The van der Waals surface area contributed by atoms with Crippen LogP contribution in [0.25, 0.3) is 0 Å². The number of piperidine rings is 1. The van der Waals surface area contributed by atoms with Gasteiger partial charge in [-0.3, -0.25) is 4.79 Å². The van der Waals surface area contributed by atoms with E-state index >= 15 is 0 Å². The van der Waals surface area contributed by atoms with Crippen molar-refractivity contribution in [2.75, 3.05) is 19.6 Å². The molecule has 1 saturated carbocycles.